The fraction of sp³-hybridized carbons (Fsp3) is 0.111. The maximum absolute atomic E-state index is 13.2. The van der Waals surface area contributed by atoms with Gasteiger partial charge in [0.1, 0.15) is 17.4 Å². The van der Waals surface area contributed by atoms with Crippen LogP contribution in [-0.2, 0) is 0 Å². The van der Waals surface area contributed by atoms with Crippen LogP contribution in [-0.4, -0.2) is 5.11 Å². The van der Waals surface area contributed by atoms with Crippen LogP contribution in [0.25, 0.3) is 0 Å². The van der Waals surface area contributed by atoms with Gasteiger partial charge < -0.3 is 10.8 Å². The molecule has 0 unspecified atom stereocenters. The minimum Gasteiger partial charge on any atom is -0.506 e. The maximum atomic E-state index is 13.2. The Bertz CT molecular complexity index is 382. The van der Waals surface area contributed by atoms with Gasteiger partial charge in [-0.25, -0.2) is 8.78 Å². The first-order valence-electron chi connectivity index (χ1n) is 3.73. The van der Waals surface area contributed by atoms with Gasteiger partial charge in [-0.05, 0) is 15.9 Å². The van der Waals surface area contributed by atoms with E-state index < -0.39 is 23.4 Å². The van der Waals surface area contributed by atoms with Gasteiger partial charge in [0.15, 0.2) is 0 Å². The second-order valence-corrected chi connectivity index (χ2v) is 3.47. The Hall–Kier alpha value is -0.940. The minimum atomic E-state index is -0.893. The third kappa shape index (κ3) is 1.78. The molecule has 0 heterocycles. The number of halogens is 3. The summed E-state index contributed by atoms with van der Waals surface area (Å²) >= 11 is 2.78. The quantitative estimate of drug-likeness (QED) is 0.637. The van der Waals surface area contributed by atoms with Gasteiger partial charge in [0.05, 0.1) is 16.1 Å². The van der Waals surface area contributed by atoms with E-state index in [4.69, 9.17) is 5.73 Å². The lowest BCUT2D eigenvalue weighted by atomic mass is 10.1. The van der Waals surface area contributed by atoms with Crippen molar-refractivity contribution in [3.8, 4) is 5.75 Å². The summed E-state index contributed by atoms with van der Waals surface area (Å²) < 4.78 is 25.9. The molecule has 0 amide bonds. The summed E-state index contributed by atoms with van der Waals surface area (Å²) in [5.41, 5.74) is 5.28. The van der Waals surface area contributed by atoms with Crippen LogP contribution in [0.4, 0.5) is 8.78 Å². The zero-order valence-corrected chi connectivity index (χ0v) is 8.68. The van der Waals surface area contributed by atoms with Crippen molar-refractivity contribution >= 4 is 15.9 Å². The molecule has 0 fully saturated rings. The van der Waals surface area contributed by atoms with Crippen molar-refractivity contribution in [1.82, 2.24) is 0 Å². The van der Waals surface area contributed by atoms with Gasteiger partial charge in [0.25, 0.3) is 0 Å². The number of hydrogen-bond acceptors (Lipinski definition) is 2. The van der Waals surface area contributed by atoms with Crippen LogP contribution in [0.2, 0.25) is 0 Å². The SMILES string of the molecule is C=C[C@H](N)c1c(F)cc(F)c(Br)c1O. The van der Waals surface area contributed by atoms with E-state index in [1.807, 2.05) is 0 Å². The first kappa shape index (κ1) is 11.1. The Labute approximate surface area is 88.2 Å². The standard InChI is InChI=1S/C9H8BrF2NO/c1-2-6(13)7-4(11)3-5(12)8(10)9(7)14/h2-3,6,14H,1,13H2/t6-/m0/s1. The van der Waals surface area contributed by atoms with Crippen molar-refractivity contribution in [2.45, 2.75) is 6.04 Å². The highest BCUT2D eigenvalue weighted by Crippen LogP contribution is 2.35. The fourth-order valence-electron chi connectivity index (χ4n) is 1.03. The Morgan fingerprint density at radius 3 is 2.57 bits per heavy atom. The number of nitrogens with two attached hydrogens (primary N) is 1. The Balaban J connectivity index is 3.43. The lowest BCUT2D eigenvalue weighted by molar-refractivity contribution is 0.441. The van der Waals surface area contributed by atoms with Crippen molar-refractivity contribution in [3.63, 3.8) is 0 Å². The molecule has 0 aliphatic heterocycles. The van der Waals surface area contributed by atoms with E-state index in [0.717, 1.165) is 0 Å². The molecule has 0 saturated carbocycles. The summed E-state index contributed by atoms with van der Waals surface area (Å²) in [5.74, 6) is -2.30. The van der Waals surface area contributed by atoms with Crippen molar-refractivity contribution in [2.24, 2.45) is 5.73 Å². The van der Waals surface area contributed by atoms with E-state index in [2.05, 4.69) is 22.5 Å². The third-order valence-electron chi connectivity index (χ3n) is 1.77. The number of aromatic hydroxyl groups is 1. The second-order valence-electron chi connectivity index (χ2n) is 2.68. The van der Waals surface area contributed by atoms with E-state index in [1.165, 1.54) is 6.08 Å². The van der Waals surface area contributed by atoms with E-state index in [0.29, 0.717) is 6.07 Å². The molecule has 0 aliphatic rings. The molecule has 14 heavy (non-hydrogen) atoms. The Kier molecular flexibility index (Phi) is 3.23. The van der Waals surface area contributed by atoms with Crippen molar-refractivity contribution in [2.75, 3.05) is 0 Å². The highest BCUT2D eigenvalue weighted by molar-refractivity contribution is 9.10. The molecule has 0 aliphatic carbocycles. The highest BCUT2D eigenvalue weighted by Gasteiger charge is 2.19. The molecular formula is C9H8BrF2NO. The molecule has 1 aromatic carbocycles. The smallest absolute Gasteiger partial charge is 0.144 e. The van der Waals surface area contributed by atoms with Crippen LogP contribution < -0.4 is 5.73 Å². The minimum absolute atomic E-state index is 0.173. The second kappa shape index (κ2) is 4.06. The summed E-state index contributed by atoms with van der Waals surface area (Å²) in [6, 6.07) is -0.213. The summed E-state index contributed by atoms with van der Waals surface area (Å²) in [4.78, 5) is 0. The molecule has 0 bridgehead atoms. The average molecular weight is 264 g/mol. The molecule has 0 radical (unpaired) electrons. The van der Waals surface area contributed by atoms with Gasteiger partial charge in [-0.1, -0.05) is 6.08 Å². The zero-order chi connectivity index (χ0) is 10.9. The van der Waals surface area contributed by atoms with Gasteiger partial charge in [0, 0.05) is 6.07 Å². The third-order valence-corrected chi connectivity index (χ3v) is 2.53. The molecule has 0 spiro atoms. The van der Waals surface area contributed by atoms with Crippen LogP contribution in [0.5, 0.6) is 5.75 Å². The maximum Gasteiger partial charge on any atom is 0.144 e. The topological polar surface area (TPSA) is 46.2 Å². The summed E-state index contributed by atoms with van der Waals surface area (Å²) in [7, 11) is 0. The predicted molar refractivity (Wildman–Crippen MR) is 52.8 cm³/mol. The molecule has 1 rings (SSSR count). The molecule has 76 valence electrons. The van der Waals surface area contributed by atoms with Crippen LogP contribution in [0, 0.1) is 11.6 Å². The molecule has 1 atom stereocenters. The lowest BCUT2D eigenvalue weighted by Gasteiger charge is -2.12. The van der Waals surface area contributed by atoms with E-state index in [9.17, 15) is 13.9 Å². The number of rotatable bonds is 2. The average Bonchev–Trinajstić information content (AvgIpc) is 2.14. The number of hydrogen-bond donors (Lipinski definition) is 2. The van der Waals surface area contributed by atoms with Crippen LogP contribution >= 0.6 is 15.9 Å². The zero-order valence-electron chi connectivity index (χ0n) is 7.10. The highest BCUT2D eigenvalue weighted by atomic mass is 79.9. The fourth-order valence-corrected chi connectivity index (χ4v) is 1.36. The van der Waals surface area contributed by atoms with Crippen LogP contribution in [0.3, 0.4) is 0 Å². The predicted octanol–water partition coefficient (Wildman–Crippen LogP) is 2.62. The summed E-state index contributed by atoms with van der Waals surface area (Å²) in [5, 5.41) is 9.41. The van der Waals surface area contributed by atoms with Gasteiger partial charge in [-0.15, -0.1) is 6.58 Å². The normalized spacial score (nSPS) is 12.6. The molecule has 5 heteroatoms. The number of phenolic OH excluding ortho intramolecular Hbond substituents is 1. The molecule has 0 saturated heterocycles. The van der Waals surface area contributed by atoms with Crippen molar-refractivity contribution < 1.29 is 13.9 Å². The van der Waals surface area contributed by atoms with Crippen LogP contribution in [0.15, 0.2) is 23.2 Å². The Morgan fingerprint density at radius 2 is 2.07 bits per heavy atom. The van der Waals surface area contributed by atoms with E-state index >= 15 is 0 Å². The van der Waals surface area contributed by atoms with E-state index in [-0.39, 0.29) is 10.0 Å². The molecule has 3 N–H and O–H groups in total. The summed E-state index contributed by atoms with van der Waals surface area (Å²) in [6.45, 7) is 3.36. The van der Waals surface area contributed by atoms with Crippen molar-refractivity contribution in [3.05, 3.63) is 40.4 Å². The van der Waals surface area contributed by atoms with Gasteiger partial charge >= 0.3 is 0 Å². The largest absolute Gasteiger partial charge is 0.506 e. The monoisotopic (exact) mass is 263 g/mol. The molecule has 2 nitrogen and oxygen atoms in total. The number of benzene rings is 1. The van der Waals surface area contributed by atoms with Crippen LogP contribution in [0.1, 0.15) is 11.6 Å². The lowest BCUT2D eigenvalue weighted by Crippen LogP contribution is -2.10. The number of phenols is 1. The molecule has 0 aromatic heterocycles. The van der Waals surface area contributed by atoms with Gasteiger partial charge in [-0.3, -0.25) is 0 Å². The molecule has 1 aromatic rings. The van der Waals surface area contributed by atoms with E-state index in [1.54, 1.807) is 0 Å². The van der Waals surface area contributed by atoms with Gasteiger partial charge in [-0.2, -0.15) is 0 Å². The Morgan fingerprint density at radius 1 is 1.50 bits per heavy atom. The summed E-state index contributed by atoms with van der Waals surface area (Å²) in [6.07, 6.45) is 1.25. The van der Waals surface area contributed by atoms with Gasteiger partial charge in [0.2, 0.25) is 0 Å². The van der Waals surface area contributed by atoms with Crippen molar-refractivity contribution in [1.29, 1.82) is 0 Å². The molecular weight excluding hydrogens is 256 g/mol. The first-order valence-corrected chi connectivity index (χ1v) is 4.52. The first-order chi connectivity index (χ1) is 6.49.